The average molecular weight is 334 g/mol. The number of fused-ring (bicyclic) bond motifs is 3. The van der Waals surface area contributed by atoms with Crippen molar-refractivity contribution in [1.29, 1.82) is 0 Å². The van der Waals surface area contributed by atoms with Crippen LogP contribution in [0.25, 0.3) is 21.1 Å². The molecule has 0 radical (unpaired) electrons. The maximum Gasteiger partial charge on any atom is 0.147 e. The van der Waals surface area contributed by atoms with Crippen molar-refractivity contribution in [1.82, 2.24) is 9.97 Å². The lowest BCUT2D eigenvalue weighted by molar-refractivity contribution is 0.310. The molecule has 4 heteroatoms. The fourth-order valence-corrected chi connectivity index (χ4v) is 3.73. The van der Waals surface area contributed by atoms with Crippen molar-refractivity contribution < 1.29 is 4.74 Å². The Morgan fingerprint density at radius 3 is 2.67 bits per heavy atom. The topological polar surface area (TPSA) is 35.0 Å². The molecule has 2 aromatic heterocycles. The van der Waals surface area contributed by atoms with E-state index in [0.29, 0.717) is 12.5 Å². The second-order valence-electron chi connectivity index (χ2n) is 6.10. The molecule has 0 aliphatic carbocycles. The molecule has 0 amide bonds. The lowest BCUT2D eigenvalue weighted by Gasteiger charge is -2.09. The summed E-state index contributed by atoms with van der Waals surface area (Å²) in [4.78, 5) is 9.36. The van der Waals surface area contributed by atoms with Gasteiger partial charge in [0.1, 0.15) is 17.9 Å². The van der Waals surface area contributed by atoms with Crippen LogP contribution in [0.2, 0.25) is 0 Å². The zero-order chi connectivity index (χ0) is 16.5. The van der Waals surface area contributed by atoms with Gasteiger partial charge < -0.3 is 4.74 Å². The van der Waals surface area contributed by atoms with Gasteiger partial charge in [0.05, 0.1) is 15.2 Å². The number of thiazole rings is 1. The highest BCUT2D eigenvalue weighted by atomic mass is 32.1. The first-order valence-electron chi connectivity index (χ1n) is 8.07. The van der Waals surface area contributed by atoms with Gasteiger partial charge in [-0.3, -0.25) is 4.98 Å². The number of nitrogens with zero attached hydrogens (tertiary/aromatic N) is 2. The van der Waals surface area contributed by atoms with Crippen molar-refractivity contribution in [3.05, 3.63) is 65.3 Å². The van der Waals surface area contributed by atoms with Crippen LogP contribution >= 0.6 is 11.3 Å². The van der Waals surface area contributed by atoms with Crippen LogP contribution < -0.4 is 4.74 Å². The SMILES string of the molecule is CC(C)c1nc2c(cc(OCc3ccccc3)c3ncccc32)s1. The summed E-state index contributed by atoms with van der Waals surface area (Å²) in [5, 5.41) is 2.21. The van der Waals surface area contributed by atoms with E-state index in [1.165, 1.54) is 0 Å². The lowest BCUT2D eigenvalue weighted by atomic mass is 10.1. The fraction of sp³-hybridized carbons (Fsp3) is 0.200. The Labute approximate surface area is 145 Å². The molecular weight excluding hydrogens is 316 g/mol. The third-order valence-electron chi connectivity index (χ3n) is 3.96. The number of hydrogen-bond donors (Lipinski definition) is 0. The Balaban J connectivity index is 1.81. The smallest absolute Gasteiger partial charge is 0.147 e. The second-order valence-corrected chi connectivity index (χ2v) is 7.16. The lowest BCUT2D eigenvalue weighted by Crippen LogP contribution is -1.96. The summed E-state index contributed by atoms with van der Waals surface area (Å²) in [6.45, 7) is 4.88. The van der Waals surface area contributed by atoms with Gasteiger partial charge in [0.25, 0.3) is 0 Å². The van der Waals surface area contributed by atoms with E-state index in [2.05, 4.69) is 43.1 Å². The van der Waals surface area contributed by atoms with Crippen molar-refractivity contribution in [2.24, 2.45) is 0 Å². The van der Waals surface area contributed by atoms with Gasteiger partial charge in [-0.15, -0.1) is 11.3 Å². The first-order chi connectivity index (χ1) is 11.7. The van der Waals surface area contributed by atoms with Crippen molar-refractivity contribution in [3.63, 3.8) is 0 Å². The number of ether oxygens (including phenoxy) is 1. The third kappa shape index (κ3) is 2.74. The molecule has 0 bridgehead atoms. The van der Waals surface area contributed by atoms with Crippen molar-refractivity contribution in [3.8, 4) is 5.75 Å². The molecule has 0 saturated carbocycles. The number of benzene rings is 2. The summed E-state index contributed by atoms with van der Waals surface area (Å²) in [6.07, 6.45) is 1.80. The van der Waals surface area contributed by atoms with Crippen LogP contribution in [0.15, 0.2) is 54.7 Å². The second kappa shape index (κ2) is 6.21. The molecule has 120 valence electrons. The molecule has 0 atom stereocenters. The predicted molar refractivity (Wildman–Crippen MR) is 99.8 cm³/mol. The number of aromatic nitrogens is 2. The first-order valence-corrected chi connectivity index (χ1v) is 8.89. The van der Waals surface area contributed by atoms with E-state index >= 15 is 0 Å². The molecule has 0 spiro atoms. The van der Waals surface area contributed by atoms with Gasteiger partial charge in [0, 0.05) is 23.6 Å². The molecular formula is C20H18N2OS. The van der Waals surface area contributed by atoms with Gasteiger partial charge in [-0.1, -0.05) is 44.2 Å². The van der Waals surface area contributed by atoms with E-state index in [-0.39, 0.29) is 0 Å². The molecule has 2 heterocycles. The Morgan fingerprint density at radius 1 is 1.04 bits per heavy atom. The molecule has 0 fully saturated rings. The molecule has 24 heavy (non-hydrogen) atoms. The molecule has 2 aromatic carbocycles. The number of rotatable bonds is 4. The van der Waals surface area contributed by atoms with Gasteiger partial charge in [0.2, 0.25) is 0 Å². The zero-order valence-electron chi connectivity index (χ0n) is 13.7. The fourth-order valence-electron chi connectivity index (χ4n) is 2.71. The predicted octanol–water partition coefficient (Wildman–Crippen LogP) is 5.55. The van der Waals surface area contributed by atoms with Crippen LogP contribution in [0.3, 0.4) is 0 Å². The van der Waals surface area contributed by atoms with Crippen molar-refractivity contribution in [2.45, 2.75) is 26.4 Å². The van der Waals surface area contributed by atoms with Crippen LogP contribution in [0, 0.1) is 0 Å². The van der Waals surface area contributed by atoms with Crippen molar-refractivity contribution in [2.75, 3.05) is 0 Å². The van der Waals surface area contributed by atoms with Gasteiger partial charge in [-0.05, 0) is 17.7 Å². The summed E-state index contributed by atoms with van der Waals surface area (Å²) < 4.78 is 7.25. The maximum absolute atomic E-state index is 6.10. The monoisotopic (exact) mass is 334 g/mol. The molecule has 0 unspecified atom stereocenters. The molecule has 4 rings (SSSR count). The van der Waals surface area contributed by atoms with Crippen molar-refractivity contribution >= 4 is 32.5 Å². The van der Waals surface area contributed by atoms with E-state index in [1.807, 2.05) is 24.3 Å². The van der Waals surface area contributed by atoms with Crippen LogP contribution in [-0.4, -0.2) is 9.97 Å². The summed E-state index contributed by atoms with van der Waals surface area (Å²) in [5.41, 5.74) is 3.05. The van der Waals surface area contributed by atoms with Gasteiger partial charge in [0.15, 0.2) is 0 Å². The average Bonchev–Trinajstić information content (AvgIpc) is 3.05. The number of pyridine rings is 1. The number of hydrogen-bond acceptors (Lipinski definition) is 4. The Hall–Kier alpha value is -2.46. The van der Waals surface area contributed by atoms with E-state index < -0.39 is 0 Å². The van der Waals surface area contributed by atoms with E-state index in [1.54, 1.807) is 17.5 Å². The standard InChI is InChI=1S/C20H18N2OS/c1-13(2)20-22-19-15-9-6-10-21-18(15)16(11-17(19)24-20)23-12-14-7-4-3-5-8-14/h3-11,13H,12H2,1-2H3. The van der Waals surface area contributed by atoms with Crippen LogP contribution in [0.4, 0.5) is 0 Å². The highest BCUT2D eigenvalue weighted by Gasteiger charge is 2.14. The van der Waals surface area contributed by atoms with Gasteiger partial charge in [-0.2, -0.15) is 0 Å². The highest BCUT2D eigenvalue weighted by molar-refractivity contribution is 7.18. The minimum absolute atomic E-state index is 0.419. The summed E-state index contributed by atoms with van der Waals surface area (Å²) in [6, 6.07) is 16.3. The molecule has 0 N–H and O–H groups in total. The minimum atomic E-state index is 0.419. The van der Waals surface area contributed by atoms with Gasteiger partial charge >= 0.3 is 0 Å². The Kier molecular flexibility index (Phi) is 3.90. The first kappa shape index (κ1) is 15.1. The summed E-state index contributed by atoms with van der Waals surface area (Å²) in [5.74, 6) is 1.24. The Bertz CT molecular complexity index is 993. The molecule has 4 aromatic rings. The van der Waals surface area contributed by atoms with Crippen LogP contribution in [0.5, 0.6) is 5.75 Å². The third-order valence-corrected chi connectivity index (χ3v) is 5.26. The molecule has 0 saturated heterocycles. The molecule has 3 nitrogen and oxygen atoms in total. The summed E-state index contributed by atoms with van der Waals surface area (Å²) in [7, 11) is 0. The van der Waals surface area contributed by atoms with E-state index in [0.717, 1.165) is 37.4 Å². The van der Waals surface area contributed by atoms with E-state index in [4.69, 9.17) is 9.72 Å². The maximum atomic E-state index is 6.10. The van der Waals surface area contributed by atoms with Gasteiger partial charge in [-0.25, -0.2) is 4.98 Å². The molecule has 0 aliphatic heterocycles. The van der Waals surface area contributed by atoms with Crippen LogP contribution in [-0.2, 0) is 6.61 Å². The molecule has 0 aliphatic rings. The normalized spacial score (nSPS) is 11.5. The van der Waals surface area contributed by atoms with Crippen LogP contribution in [0.1, 0.15) is 30.3 Å². The zero-order valence-corrected chi connectivity index (χ0v) is 14.5. The Morgan fingerprint density at radius 2 is 1.88 bits per heavy atom. The highest BCUT2D eigenvalue weighted by Crippen LogP contribution is 2.36. The summed E-state index contributed by atoms with van der Waals surface area (Å²) >= 11 is 1.74. The largest absolute Gasteiger partial charge is 0.487 e. The quantitative estimate of drug-likeness (QED) is 0.491. The van der Waals surface area contributed by atoms with E-state index in [9.17, 15) is 0 Å². The minimum Gasteiger partial charge on any atom is -0.487 e.